The average molecular weight is 275 g/mol. The van der Waals surface area contributed by atoms with Crippen molar-refractivity contribution >= 4 is 17.7 Å². The van der Waals surface area contributed by atoms with Crippen molar-refractivity contribution in [3.8, 4) is 11.3 Å². The molecule has 2 aromatic rings. The highest BCUT2D eigenvalue weighted by Crippen LogP contribution is 2.17. The second-order valence-electron chi connectivity index (χ2n) is 4.33. The standard InChI is InChI=1S/C14H17N3OS/c1-17(14(18)10-19-2)9-12-8-13(16-15-12)11-6-4-3-5-7-11/h3-8H,9-10H2,1-2H3,(H,15,16). The minimum Gasteiger partial charge on any atom is -0.339 e. The molecular weight excluding hydrogens is 258 g/mol. The lowest BCUT2D eigenvalue weighted by atomic mass is 10.1. The smallest absolute Gasteiger partial charge is 0.232 e. The zero-order valence-corrected chi connectivity index (χ0v) is 11.9. The van der Waals surface area contributed by atoms with Gasteiger partial charge < -0.3 is 4.90 Å². The Bertz CT molecular complexity index is 539. The van der Waals surface area contributed by atoms with Crippen molar-refractivity contribution < 1.29 is 4.79 Å². The normalized spacial score (nSPS) is 10.4. The number of amides is 1. The van der Waals surface area contributed by atoms with E-state index in [2.05, 4.69) is 10.2 Å². The number of nitrogens with zero attached hydrogens (tertiary/aromatic N) is 2. The van der Waals surface area contributed by atoms with Crippen molar-refractivity contribution in [1.29, 1.82) is 0 Å². The van der Waals surface area contributed by atoms with Crippen LogP contribution in [0.5, 0.6) is 0 Å². The van der Waals surface area contributed by atoms with Gasteiger partial charge >= 0.3 is 0 Å². The molecule has 0 radical (unpaired) electrons. The first-order valence-corrected chi connectivity index (χ1v) is 7.42. The van der Waals surface area contributed by atoms with Crippen LogP contribution in [0.25, 0.3) is 11.3 Å². The molecule has 0 atom stereocenters. The van der Waals surface area contributed by atoms with Crippen LogP contribution in [-0.2, 0) is 11.3 Å². The zero-order valence-electron chi connectivity index (χ0n) is 11.1. The van der Waals surface area contributed by atoms with Gasteiger partial charge in [0.2, 0.25) is 5.91 Å². The molecule has 2 rings (SSSR count). The van der Waals surface area contributed by atoms with E-state index in [-0.39, 0.29) is 5.91 Å². The first-order valence-electron chi connectivity index (χ1n) is 6.03. The van der Waals surface area contributed by atoms with E-state index in [4.69, 9.17) is 0 Å². The minimum atomic E-state index is 0.128. The summed E-state index contributed by atoms with van der Waals surface area (Å²) in [6.07, 6.45) is 1.93. The van der Waals surface area contributed by atoms with Crippen LogP contribution in [0.1, 0.15) is 5.69 Å². The highest BCUT2D eigenvalue weighted by atomic mass is 32.2. The lowest BCUT2D eigenvalue weighted by Gasteiger charge is -2.14. The van der Waals surface area contributed by atoms with Crippen LogP contribution < -0.4 is 0 Å². The number of aromatic nitrogens is 2. The van der Waals surface area contributed by atoms with E-state index in [1.807, 2.05) is 49.7 Å². The third-order valence-corrected chi connectivity index (χ3v) is 3.34. The maximum atomic E-state index is 11.7. The number of carbonyl (C=O) groups is 1. The molecule has 0 spiro atoms. The number of hydrogen-bond donors (Lipinski definition) is 1. The summed E-state index contributed by atoms with van der Waals surface area (Å²) in [5.74, 6) is 0.638. The van der Waals surface area contributed by atoms with Gasteiger partial charge in [-0.15, -0.1) is 0 Å². The first kappa shape index (κ1) is 13.7. The number of rotatable bonds is 5. The van der Waals surface area contributed by atoms with Gasteiger partial charge in [0.25, 0.3) is 0 Å². The summed E-state index contributed by atoms with van der Waals surface area (Å²) < 4.78 is 0. The summed E-state index contributed by atoms with van der Waals surface area (Å²) in [6, 6.07) is 12.0. The SMILES string of the molecule is CSCC(=O)N(C)Cc1cc(-c2ccccc2)n[nH]1. The number of H-pyrrole nitrogens is 1. The van der Waals surface area contributed by atoms with Gasteiger partial charge in [-0.2, -0.15) is 16.9 Å². The predicted molar refractivity (Wildman–Crippen MR) is 78.9 cm³/mol. The van der Waals surface area contributed by atoms with Gasteiger partial charge in [-0.05, 0) is 12.3 Å². The van der Waals surface area contributed by atoms with Gasteiger partial charge in [0.05, 0.1) is 23.7 Å². The van der Waals surface area contributed by atoms with Gasteiger partial charge in [0.15, 0.2) is 0 Å². The van der Waals surface area contributed by atoms with E-state index in [1.165, 1.54) is 11.8 Å². The number of hydrogen-bond acceptors (Lipinski definition) is 3. The Hall–Kier alpha value is -1.75. The molecule has 19 heavy (non-hydrogen) atoms. The Morgan fingerprint density at radius 3 is 2.79 bits per heavy atom. The number of thioether (sulfide) groups is 1. The van der Waals surface area contributed by atoms with Crippen molar-refractivity contribution in [1.82, 2.24) is 15.1 Å². The molecule has 1 amide bonds. The largest absolute Gasteiger partial charge is 0.339 e. The van der Waals surface area contributed by atoms with Crippen LogP contribution >= 0.6 is 11.8 Å². The Morgan fingerprint density at radius 2 is 2.11 bits per heavy atom. The minimum absolute atomic E-state index is 0.128. The molecule has 5 heteroatoms. The molecule has 0 bridgehead atoms. The number of benzene rings is 1. The first-order chi connectivity index (χ1) is 9.20. The van der Waals surface area contributed by atoms with Crippen molar-refractivity contribution in [2.24, 2.45) is 0 Å². The van der Waals surface area contributed by atoms with Crippen molar-refractivity contribution in [3.05, 3.63) is 42.1 Å². The van der Waals surface area contributed by atoms with Crippen molar-refractivity contribution in [2.75, 3.05) is 19.1 Å². The average Bonchev–Trinajstić information content (AvgIpc) is 2.88. The summed E-state index contributed by atoms with van der Waals surface area (Å²) in [7, 11) is 1.81. The second kappa shape index (κ2) is 6.43. The Labute approximate surface area is 117 Å². The molecule has 0 aliphatic rings. The van der Waals surface area contributed by atoms with Gasteiger partial charge in [-0.3, -0.25) is 9.89 Å². The fraction of sp³-hybridized carbons (Fsp3) is 0.286. The van der Waals surface area contributed by atoms with Crippen LogP contribution in [-0.4, -0.2) is 40.1 Å². The fourth-order valence-corrected chi connectivity index (χ4v) is 2.24. The monoisotopic (exact) mass is 275 g/mol. The third kappa shape index (κ3) is 3.61. The molecule has 0 fully saturated rings. The van der Waals surface area contributed by atoms with E-state index in [9.17, 15) is 4.79 Å². The molecule has 0 saturated carbocycles. The maximum Gasteiger partial charge on any atom is 0.232 e. The molecule has 0 saturated heterocycles. The Morgan fingerprint density at radius 1 is 1.37 bits per heavy atom. The van der Waals surface area contributed by atoms with Crippen LogP contribution in [0, 0.1) is 0 Å². The molecule has 1 N–H and O–H groups in total. The number of nitrogens with one attached hydrogen (secondary N) is 1. The predicted octanol–water partition coefficient (Wildman–Crippen LogP) is 2.40. The van der Waals surface area contributed by atoms with Crippen LogP contribution in [0.3, 0.4) is 0 Å². The zero-order chi connectivity index (χ0) is 13.7. The highest BCUT2D eigenvalue weighted by Gasteiger charge is 2.10. The number of carbonyl (C=O) groups excluding carboxylic acids is 1. The maximum absolute atomic E-state index is 11.7. The van der Waals surface area contributed by atoms with E-state index in [1.54, 1.807) is 4.90 Å². The summed E-state index contributed by atoms with van der Waals surface area (Å²) in [4.78, 5) is 13.4. The van der Waals surface area contributed by atoms with Crippen LogP contribution in [0.4, 0.5) is 0 Å². The van der Waals surface area contributed by atoms with E-state index < -0.39 is 0 Å². The van der Waals surface area contributed by atoms with Crippen molar-refractivity contribution in [2.45, 2.75) is 6.54 Å². The second-order valence-corrected chi connectivity index (χ2v) is 5.19. The van der Waals surface area contributed by atoms with Crippen LogP contribution in [0.2, 0.25) is 0 Å². The molecule has 0 aliphatic heterocycles. The molecule has 4 nitrogen and oxygen atoms in total. The van der Waals surface area contributed by atoms with Gasteiger partial charge in [-0.25, -0.2) is 0 Å². The molecule has 0 aliphatic carbocycles. The van der Waals surface area contributed by atoms with E-state index in [0.29, 0.717) is 12.3 Å². The third-order valence-electron chi connectivity index (χ3n) is 2.80. The molecule has 0 unspecified atom stereocenters. The molecule has 1 heterocycles. The Kier molecular flexibility index (Phi) is 4.63. The van der Waals surface area contributed by atoms with Gasteiger partial charge in [0, 0.05) is 12.6 Å². The fourth-order valence-electron chi connectivity index (χ4n) is 1.78. The Balaban J connectivity index is 2.04. The highest BCUT2D eigenvalue weighted by molar-refractivity contribution is 7.99. The van der Waals surface area contributed by atoms with Crippen LogP contribution in [0.15, 0.2) is 36.4 Å². The molecule has 1 aromatic heterocycles. The van der Waals surface area contributed by atoms with E-state index >= 15 is 0 Å². The topological polar surface area (TPSA) is 49.0 Å². The summed E-state index contributed by atoms with van der Waals surface area (Å²) >= 11 is 1.53. The van der Waals surface area contributed by atoms with Gasteiger partial charge in [-0.1, -0.05) is 30.3 Å². The summed E-state index contributed by atoms with van der Waals surface area (Å²) in [5, 5.41) is 7.26. The molecule has 1 aromatic carbocycles. The summed E-state index contributed by atoms with van der Waals surface area (Å²) in [5.41, 5.74) is 2.92. The lowest BCUT2D eigenvalue weighted by Crippen LogP contribution is -2.27. The van der Waals surface area contributed by atoms with Crippen molar-refractivity contribution in [3.63, 3.8) is 0 Å². The lowest BCUT2D eigenvalue weighted by molar-refractivity contribution is -0.127. The van der Waals surface area contributed by atoms with Gasteiger partial charge in [0.1, 0.15) is 0 Å². The van der Waals surface area contributed by atoms with E-state index in [0.717, 1.165) is 17.0 Å². The molecular formula is C14H17N3OS. The quantitative estimate of drug-likeness (QED) is 0.911. The number of aromatic amines is 1. The molecule has 100 valence electrons. The summed E-state index contributed by atoms with van der Waals surface area (Å²) in [6.45, 7) is 0.555.